The lowest BCUT2D eigenvalue weighted by Gasteiger charge is -2.38. The van der Waals surface area contributed by atoms with Crippen molar-refractivity contribution < 1.29 is 38.2 Å². The first kappa shape index (κ1) is 32.9. The fraction of sp³-hybridized carbons (Fsp3) is 0.686. The van der Waals surface area contributed by atoms with Crippen molar-refractivity contribution >= 4 is 29.8 Å². The normalized spacial score (nSPS) is 24.4. The lowest BCUT2D eigenvalue weighted by molar-refractivity contribution is -0.161. The number of unbranched alkanes of at least 4 members (excludes halogenated alkanes) is 15. The summed E-state index contributed by atoms with van der Waals surface area (Å²) in [5.74, 6) is -8.47. The Kier molecular flexibility index (Phi) is 12.8. The van der Waals surface area contributed by atoms with Gasteiger partial charge in [-0.2, -0.15) is 0 Å². The summed E-state index contributed by atoms with van der Waals surface area (Å²) < 4.78 is 15.5. The van der Waals surface area contributed by atoms with Crippen LogP contribution in [-0.4, -0.2) is 36.5 Å². The zero-order chi connectivity index (χ0) is 30.6. The van der Waals surface area contributed by atoms with Crippen LogP contribution in [0.15, 0.2) is 24.3 Å². The molecule has 236 valence electrons. The lowest BCUT2D eigenvalue weighted by atomic mass is 9.60. The van der Waals surface area contributed by atoms with Gasteiger partial charge in [0.2, 0.25) is 0 Å². The average molecular weight is 597 g/mol. The molecule has 2 heterocycles. The number of carbonyl (C=O) groups excluding carboxylic acids is 5. The monoisotopic (exact) mass is 596 g/mol. The van der Waals surface area contributed by atoms with E-state index in [-0.39, 0.29) is 13.0 Å². The molecule has 8 nitrogen and oxygen atoms in total. The van der Waals surface area contributed by atoms with Crippen molar-refractivity contribution in [3.05, 3.63) is 35.4 Å². The van der Waals surface area contributed by atoms with E-state index in [4.69, 9.17) is 14.2 Å². The molecule has 3 aliphatic rings. The zero-order valence-corrected chi connectivity index (χ0v) is 25.7. The minimum absolute atomic E-state index is 0.191. The lowest BCUT2D eigenvalue weighted by Crippen LogP contribution is -2.44. The van der Waals surface area contributed by atoms with Gasteiger partial charge in [0.15, 0.2) is 0 Å². The van der Waals surface area contributed by atoms with Crippen molar-refractivity contribution in [2.75, 3.05) is 6.61 Å². The van der Waals surface area contributed by atoms with Crippen molar-refractivity contribution in [3.8, 4) is 0 Å². The number of benzene rings is 1. The minimum Gasteiger partial charge on any atom is -0.465 e. The molecule has 2 aliphatic heterocycles. The van der Waals surface area contributed by atoms with Gasteiger partial charge in [-0.1, -0.05) is 128 Å². The van der Waals surface area contributed by atoms with E-state index in [9.17, 15) is 24.0 Å². The van der Waals surface area contributed by atoms with Gasteiger partial charge in [-0.25, -0.2) is 0 Å². The van der Waals surface area contributed by atoms with Crippen molar-refractivity contribution in [1.29, 1.82) is 0 Å². The number of hydrogen-bond acceptors (Lipinski definition) is 8. The molecule has 43 heavy (non-hydrogen) atoms. The van der Waals surface area contributed by atoms with Gasteiger partial charge in [0.1, 0.15) is 0 Å². The molecule has 0 radical (unpaired) electrons. The van der Waals surface area contributed by atoms with Crippen LogP contribution in [0.2, 0.25) is 0 Å². The van der Waals surface area contributed by atoms with E-state index in [2.05, 4.69) is 6.92 Å². The molecule has 0 spiro atoms. The van der Waals surface area contributed by atoms with Crippen LogP contribution in [0.3, 0.4) is 0 Å². The summed E-state index contributed by atoms with van der Waals surface area (Å²) in [6.45, 7) is 2.45. The van der Waals surface area contributed by atoms with Crippen molar-refractivity contribution in [1.82, 2.24) is 0 Å². The minimum atomic E-state index is -1.12. The molecular weight excluding hydrogens is 548 g/mol. The molecule has 4 rings (SSSR count). The van der Waals surface area contributed by atoms with Crippen LogP contribution < -0.4 is 0 Å². The van der Waals surface area contributed by atoms with E-state index in [0.717, 1.165) is 19.3 Å². The Morgan fingerprint density at radius 1 is 0.674 bits per heavy atom. The van der Waals surface area contributed by atoms with Crippen LogP contribution in [0.25, 0.3) is 0 Å². The number of rotatable bonds is 19. The van der Waals surface area contributed by atoms with E-state index >= 15 is 0 Å². The van der Waals surface area contributed by atoms with Gasteiger partial charge in [-0.15, -0.1) is 0 Å². The molecule has 0 amide bonds. The second-order valence-electron chi connectivity index (χ2n) is 12.5. The van der Waals surface area contributed by atoms with Crippen LogP contribution in [0, 0.1) is 17.8 Å². The Morgan fingerprint density at radius 3 is 1.74 bits per heavy atom. The molecule has 0 bridgehead atoms. The van der Waals surface area contributed by atoms with Gasteiger partial charge in [0.25, 0.3) is 0 Å². The topological polar surface area (TPSA) is 113 Å². The Bertz CT molecular complexity index is 1130. The molecule has 5 unspecified atom stereocenters. The van der Waals surface area contributed by atoms with Gasteiger partial charge < -0.3 is 14.2 Å². The van der Waals surface area contributed by atoms with Crippen LogP contribution in [0.4, 0.5) is 0 Å². The first-order chi connectivity index (χ1) is 20.9. The van der Waals surface area contributed by atoms with Crippen LogP contribution in [-0.2, 0) is 38.2 Å². The van der Waals surface area contributed by atoms with E-state index in [1.165, 1.54) is 77.0 Å². The third-order valence-corrected chi connectivity index (χ3v) is 9.40. The molecule has 1 aliphatic carbocycles. The maximum absolute atomic E-state index is 13.5. The molecule has 0 saturated carbocycles. The summed E-state index contributed by atoms with van der Waals surface area (Å²) in [6.07, 6.45) is 19.7. The highest BCUT2D eigenvalue weighted by atomic mass is 16.6. The highest BCUT2D eigenvalue weighted by Gasteiger charge is 2.61. The van der Waals surface area contributed by atoms with Gasteiger partial charge in [0, 0.05) is 5.92 Å². The molecule has 8 heteroatoms. The van der Waals surface area contributed by atoms with Crippen LogP contribution in [0.5, 0.6) is 0 Å². The molecule has 1 aromatic rings. The largest absolute Gasteiger partial charge is 0.465 e. The average Bonchev–Trinajstić information content (AvgIpc) is 3.49. The highest BCUT2D eigenvalue weighted by molar-refractivity contribution is 6.03. The van der Waals surface area contributed by atoms with Gasteiger partial charge in [-0.3, -0.25) is 24.0 Å². The Labute approximate surface area is 255 Å². The highest BCUT2D eigenvalue weighted by Crippen LogP contribution is 2.54. The van der Waals surface area contributed by atoms with Crippen molar-refractivity contribution in [3.63, 3.8) is 0 Å². The summed E-state index contributed by atoms with van der Waals surface area (Å²) in [6, 6.07) is 6.92. The molecule has 2 fully saturated rings. The van der Waals surface area contributed by atoms with Crippen molar-refractivity contribution in [2.45, 2.75) is 128 Å². The smallest absolute Gasteiger partial charge is 0.321 e. The summed E-state index contributed by atoms with van der Waals surface area (Å²) >= 11 is 0. The molecule has 1 aromatic carbocycles. The summed E-state index contributed by atoms with van der Waals surface area (Å²) in [5, 5.41) is 0. The van der Waals surface area contributed by atoms with E-state index in [1.807, 2.05) is 0 Å². The predicted octanol–water partition coefficient (Wildman–Crippen LogP) is 7.08. The Hall–Kier alpha value is -3.03. The van der Waals surface area contributed by atoms with E-state index in [0.29, 0.717) is 17.5 Å². The zero-order valence-electron chi connectivity index (χ0n) is 25.7. The SMILES string of the molecule is CCCCCCCCCCCCCCCCCCOC(=O)C1C2C(=O)OC(=O)C2c2ccccc2C1C1CC(=O)OC1=O. The number of carbonyl (C=O) groups is 5. The molecular formula is C35H48O8. The predicted molar refractivity (Wildman–Crippen MR) is 160 cm³/mol. The quantitative estimate of drug-likeness (QED) is 0.0721. The molecule has 5 atom stereocenters. The first-order valence-electron chi connectivity index (χ1n) is 16.7. The van der Waals surface area contributed by atoms with Crippen LogP contribution in [0.1, 0.15) is 139 Å². The third-order valence-electron chi connectivity index (χ3n) is 9.40. The standard InChI is InChI=1S/C35H48O8/c1-2-3-4-5-6-7-8-9-10-11-12-13-14-15-16-19-22-41-33(38)30-28(26-23-27(36)42-32(26)37)24-20-17-18-21-25(24)29-31(30)35(40)43-34(29)39/h17-18,20-21,26,28-31H,2-16,19,22-23H2,1H3. The maximum Gasteiger partial charge on any atom is 0.321 e. The first-order valence-corrected chi connectivity index (χ1v) is 16.7. The molecule has 0 aromatic heterocycles. The fourth-order valence-electron chi connectivity index (χ4n) is 7.15. The van der Waals surface area contributed by atoms with Gasteiger partial charge in [-0.05, 0) is 17.5 Å². The summed E-state index contributed by atoms with van der Waals surface area (Å²) in [5.41, 5.74) is 1.12. The number of esters is 5. The Morgan fingerprint density at radius 2 is 1.21 bits per heavy atom. The van der Waals surface area contributed by atoms with E-state index < -0.39 is 59.4 Å². The summed E-state index contributed by atoms with van der Waals surface area (Å²) in [7, 11) is 0. The third kappa shape index (κ3) is 8.54. The molecule has 0 N–H and O–H groups in total. The second kappa shape index (κ2) is 16.7. The van der Waals surface area contributed by atoms with E-state index in [1.54, 1.807) is 24.3 Å². The number of cyclic esters (lactones) is 4. The Balaban J connectivity index is 1.20. The maximum atomic E-state index is 13.5. The van der Waals surface area contributed by atoms with Gasteiger partial charge in [0.05, 0.1) is 36.7 Å². The fourth-order valence-corrected chi connectivity index (χ4v) is 7.15. The number of ether oxygens (including phenoxy) is 3. The summed E-state index contributed by atoms with van der Waals surface area (Å²) in [4.78, 5) is 63.7. The van der Waals surface area contributed by atoms with Gasteiger partial charge >= 0.3 is 29.8 Å². The number of hydrogen-bond donors (Lipinski definition) is 0. The van der Waals surface area contributed by atoms with Crippen molar-refractivity contribution in [2.24, 2.45) is 17.8 Å². The number of fused-ring (bicyclic) bond motifs is 3. The van der Waals surface area contributed by atoms with Crippen LogP contribution >= 0.6 is 0 Å². The second-order valence-corrected chi connectivity index (χ2v) is 12.5. The molecule has 2 saturated heterocycles.